The number of hydrogen-bond donors (Lipinski definition) is 1. The lowest BCUT2D eigenvalue weighted by molar-refractivity contribution is -0.0176. The van der Waals surface area contributed by atoms with Crippen LogP contribution in [0.3, 0.4) is 0 Å². The van der Waals surface area contributed by atoms with Crippen LogP contribution >= 0.6 is 11.8 Å². The minimum absolute atomic E-state index is 0.0135. The van der Waals surface area contributed by atoms with Gasteiger partial charge in [-0.3, -0.25) is 0 Å². The van der Waals surface area contributed by atoms with Crippen molar-refractivity contribution in [1.29, 1.82) is 0 Å². The lowest BCUT2D eigenvalue weighted by Crippen LogP contribution is -2.48. The molecule has 2 amide bonds. The van der Waals surface area contributed by atoms with E-state index in [1.165, 1.54) is 31.4 Å². The molecule has 0 radical (unpaired) electrons. The molecule has 3 aliphatic rings. The van der Waals surface area contributed by atoms with Crippen molar-refractivity contribution in [2.75, 3.05) is 50.0 Å². The van der Waals surface area contributed by atoms with Gasteiger partial charge >= 0.3 is 6.03 Å². The Kier molecular flexibility index (Phi) is 5.79. The number of urea groups is 1. The lowest BCUT2D eigenvalue weighted by Gasteiger charge is -2.33. The first-order valence-corrected chi connectivity index (χ1v) is 10.7. The summed E-state index contributed by atoms with van der Waals surface area (Å²) in [5.74, 6) is 2.00. The summed E-state index contributed by atoms with van der Waals surface area (Å²) in [6.45, 7) is 4.51. The molecule has 1 aromatic rings. The van der Waals surface area contributed by atoms with Crippen molar-refractivity contribution in [3.05, 3.63) is 18.0 Å². The lowest BCUT2D eigenvalue weighted by atomic mass is 10.2. The van der Waals surface area contributed by atoms with Gasteiger partial charge < -0.3 is 19.9 Å². The molecular weight excluding hydrogens is 350 g/mol. The van der Waals surface area contributed by atoms with Crippen LogP contribution in [0.15, 0.2) is 12.3 Å². The third kappa shape index (κ3) is 4.23. The van der Waals surface area contributed by atoms with E-state index in [0.29, 0.717) is 24.9 Å². The Morgan fingerprint density at radius 2 is 2.19 bits per heavy atom. The van der Waals surface area contributed by atoms with Crippen LogP contribution in [0.2, 0.25) is 0 Å². The molecule has 142 valence electrons. The van der Waals surface area contributed by atoms with Gasteiger partial charge in [0.1, 0.15) is 6.10 Å². The summed E-state index contributed by atoms with van der Waals surface area (Å²) in [4.78, 5) is 25.7. The summed E-state index contributed by atoms with van der Waals surface area (Å²) in [6, 6.07) is 1.92. The molecule has 26 heavy (non-hydrogen) atoms. The first-order valence-electron chi connectivity index (χ1n) is 9.63. The van der Waals surface area contributed by atoms with E-state index in [2.05, 4.69) is 15.2 Å². The molecule has 7 nitrogen and oxygen atoms in total. The Hall–Kier alpha value is -1.54. The van der Waals surface area contributed by atoms with Gasteiger partial charge in [0.15, 0.2) is 0 Å². The van der Waals surface area contributed by atoms with E-state index in [1.54, 1.807) is 6.20 Å². The van der Waals surface area contributed by atoms with Crippen LogP contribution in [0, 0.1) is 0 Å². The molecule has 1 N–H and O–H groups in total. The van der Waals surface area contributed by atoms with Gasteiger partial charge in [-0.25, -0.2) is 14.8 Å². The molecule has 0 unspecified atom stereocenters. The number of thioether (sulfide) groups is 1. The van der Waals surface area contributed by atoms with Crippen LogP contribution < -0.4 is 10.2 Å². The topological polar surface area (TPSA) is 70.6 Å². The zero-order valence-electron chi connectivity index (χ0n) is 15.1. The van der Waals surface area contributed by atoms with E-state index in [4.69, 9.17) is 9.72 Å². The Morgan fingerprint density at radius 1 is 1.31 bits per heavy atom. The number of amides is 2. The summed E-state index contributed by atoms with van der Waals surface area (Å²) in [5.41, 5.74) is 0.866. The van der Waals surface area contributed by atoms with Crippen LogP contribution in [-0.4, -0.2) is 71.2 Å². The molecule has 0 saturated carbocycles. The van der Waals surface area contributed by atoms with E-state index >= 15 is 0 Å². The number of nitrogens with one attached hydrogen (secondary N) is 1. The molecule has 3 saturated heterocycles. The Balaban J connectivity index is 1.35. The fourth-order valence-corrected chi connectivity index (χ4v) is 4.94. The minimum Gasteiger partial charge on any atom is -0.368 e. The first-order chi connectivity index (χ1) is 12.8. The number of nitrogens with zero attached hydrogens (tertiary/aromatic N) is 4. The summed E-state index contributed by atoms with van der Waals surface area (Å²) in [6.07, 6.45) is 6.48. The summed E-state index contributed by atoms with van der Waals surface area (Å²) >= 11 is 1.96. The highest BCUT2D eigenvalue weighted by Gasteiger charge is 2.28. The zero-order valence-corrected chi connectivity index (χ0v) is 15.9. The van der Waals surface area contributed by atoms with Gasteiger partial charge in [-0.2, -0.15) is 11.8 Å². The van der Waals surface area contributed by atoms with Gasteiger partial charge in [-0.1, -0.05) is 0 Å². The van der Waals surface area contributed by atoms with Crippen LogP contribution in [0.5, 0.6) is 0 Å². The van der Waals surface area contributed by atoms with Crippen molar-refractivity contribution in [1.82, 2.24) is 20.2 Å². The Morgan fingerprint density at radius 3 is 3.00 bits per heavy atom. The van der Waals surface area contributed by atoms with Crippen LogP contribution in [-0.2, 0) is 4.74 Å². The van der Waals surface area contributed by atoms with Crippen molar-refractivity contribution >= 4 is 23.7 Å². The molecule has 4 heterocycles. The average Bonchev–Trinajstić information content (AvgIpc) is 3.40. The maximum absolute atomic E-state index is 12.5. The molecule has 0 spiro atoms. The zero-order chi connectivity index (χ0) is 17.8. The Bertz CT molecular complexity index is 619. The molecule has 0 aliphatic carbocycles. The Labute approximate surface area is 158 Å². The van der Waals surface area contributed by atoms with Gasteiger partial charge in [0.25, 0.3) is 0 Å². The minimum atomic E-state index is -0.181. The van der Waals surface area contributed by atoms with E-state index in [9.17, 15) is 4.79 Å². The van der Waals surface area contributed by atoms with Crippen molar-refractivity contribution in [3.63, 3.8) is 0 Å². The number of aromatic nitrogens is 2. The second-order valence-electron chi connectivity index (χ2n) is 7.10. The largest absolute Gasteiger partial charge is 0.368 e. The predicted molar refractivity (Wildman–Crippen MR) is 103 cm³/mol. The summed E-state index contributed by atoms with van der Waals surface area (Å²) in [7, 11) is 0. The first kappa shape index (κ1) is 17.9. The number of morpholine rings is 1. The standard InChI is InChI=1S/C18H27N5O2S/c24-18(20-12-14-4-3-11-26-14)23-9-10-25-16(13-23)15-5-6-19-17(21-15)22-7-1-2-8-22/h5-6,14,16H,1-4,7-13H2,(H,20,24)/t14-,16-/m0/s1. The third-order valence-corrected chi connectivity index (χ3v) is 6.64. The van der Waals surface area contributed by atoms with E-state index in [-0.39, 0.29) is 12.1 Å². The van der Waals surface area contributed by atoms with Crippen molar-refractivity contribution < 1.29 is 9.53 Å². The van der Waals surface area contributed by atoms with Crippen molar-refractivity contribution in [3.8, 4) is 0 Å². The van der Waals surface area contributed by atoms with Gasteiger partial charge in [0.2, 0.25) is 5.95 Å². The second-order valence-corrected chi connectivity index (χ2v) is 8.51. The molecule has 0 bridgehead atoms. The van der Waals surface area contributed by atoms with Gasteiger partial charge in [0.05, 0.1) is 18.8 Å². The monoisotopic (exact) mass is 377 g/mol. The molecule has 2 atom stereocenters. The summed E-state index contributed by atoms with van der Waals surface area (Å²) in [5, 5.41) is 3.66. The highest BCUT2D eigenvalue weighted by molar-refractivity contribution is 8.00. The number of ether oxygens (including phenoxy) is 1. The van der Waals surface area contributed by atoms with E-state index < -0.39 is 0 Å². The van der Waals surface area contributed by atoms with Crippen LogP contribution in [0.1, 0.15) is 37.5 Å². The van der Waals surface area contributed by atoms with Gasteiger partial charge in [0, 0.05) is 37.6 Å². The molecule has 0 aromatic carbocycles. The predicted octanol–water partition coefficient (Wildman–Crippen LogP) is 2.06. The second kappa shape index (κ2) is 8.43. The number of anilines is 1. The highest BCUT2D eigenvalue weighted by Crippen LogP contribution is 2.26. The molecule has 4 rings (SSSR count). The summed E-state index contributed by atoms with van der Waals surface area (Å²) < 4.78 is 5.91. The number of carbonyl (C=O) groups is 1. The smallest absolute Gasteiger partial charge is 0.317 e. The number of hydrogen-bond acceptors (Lipinski definition) is 6. The quantitative estimate of drug-likeness (QED) is 0.866. The molecular formula is C18H27N5O2S. The maximum atomic E-state index is 12.5. The van der Waals surface area contributed by atoms with Crippen LogP contribution in [0.25, 0.3) is 0 Å². The normalized spacial score (nSPS) is 26.3. The average molecular weight is 378 g/mol. The molecule has 3 fully saturated rings. The van der Waals surface area contributed by atoms with Crippen molar-refractivity contribution in [2.45, 2.75) is 37.0 Å². The van der Waals surface area contributed by atoms with Crippen molar-refractivity contribution in [2.24, 2.45) is 0 Å². The SMILES string of the molecule is O=C(NC[C@@H]1CCCS1)N1CCO[C@H](c2ccnc(N3CCCC3)n2)C1. The van der Waals surface area contributed by atoms with Gasteiger partial charge in [-0.05, 0) is 37.5 Å². The van der Waals surface area contributed by atoms with E-state index in [0.717, 1.165) is 31.3 Å². The highest BCUT2D eigenvalue weighted by atomic mass is 32.2. The van der Waals surface area contributed by atoms with Crippen LogP contribution in [0.4, 0.5) is 10.7 Å². The van der Waals surface area contributed by atoms with Gasteiger partial charge in [-0.15, -0.1) is 0 Å². The third-order valence-electron chi connectivity index (χ3n) is 5.24. The number of carbonyl (C=O) groups excluding carboxylic acids is 1. The number of rotatable bonds is 4. The fraction of sp³-hybridized carbons (Fsp3) is 0.722. The molecule has 8 heteroatoms. The maximum Gasteiger partial charge on any atom is 0.317 e. The van der Waals surface area contributed by atoms with E-state index in [1.807, 2.05) is 22.7 Å². The molecule has 3 aliphatic heterocycles. The fourth-order valence-electron chi connectivity index (χ4n) is 3.74. The molecule has 1 aromatic heterocycles.